The molecule has 0 unspecified atom stereocenters. The number of hydrogen-bond donors (Lipinski definition) is 0. The highest BCUT2D eigenvalue weighted by Gasteiger charge is 2.33. The van der Waals surface area contributed by atoms with Gasteiger partial charge in [0.05, 0.1) is 14.9 Å². The van der Waals surface area contributed by atoms with Crippen molar-refractivity contribution < 1.29 is 4.42 Å². The van der Waals surface area contributed by atoms with Crippen molar-refractivity contribution in [2.75, 3.05) is 4.90 Å². The normalized spacial score (nSPS) is 13.9. The van der Waals surface area contributed by atoms with Gasteiger partial charge < -0.3 is 4.42 Å². The van der Waals surface area contributed by atoms with Gasteiger partial charge in [0.2, 0.25) is 0 Å². The van der Waals surface area contributed by atoms with E-state index < -0.39 is 20.7 Å². The van der Waals surface area contributed by atoms with Crippen LogP contribution in [0.15, 0.2) is 149 Å². The maximum absolute atomic E-state index is 6.74. The molecule has 0 saturated carbocycles. The van der Waals surface area contributed by atoms with E-state index in [1.54, 1.807) is 0 Å². The summed E-state index contributed by atoms with van der Waals surface area (Å²) in [7, 11) is 0. The van der Waals surface area contributed by atoms with E-state index in [0.29, 0.717) is 0 Å². The summed E-state index contributed by atoms with van der Waals surface area (Å²) in [6.07, 6.45) is 0. The topological polar surface area (TPSA) is 28.7 Å². The lowest BCUT2D eigenvalue weighted by Crippen LogP contribution is -2.26. The van der Waals surface area contributed by atoms with Gasteiger partial charge in [0.1, 0.15) is 11.3 Å². The maximum atomic E-state index is 6.74. The number of halogens is 1. The molecule has 0 amide bonds. The number of rotatable bonds is 1. The van der Waals surface area contributed by atoms with Crippen molar-refractivity contribution >= 4 is 109 Å². The van der Waals surface area contributed by atoms with E-state index in [1.807, 2.05) is 17.4 Å². The number of benzene rings is 7. The second-order valence-corrected chi connectivity index (χ2v) is 15.7. The van der Waals surface area contributed by atoms with Gasteiger partial charge in [0.25, 0.3) is 0 Å². The van der Waals surface area contributed by atoms with E-state index >= 15 is 0 Å². The number of aliphatic imine (C=N–C) groups is 1. The Morgan fingerprint density at radius 2 is 1.28 bits per heavy atom. The SMILES string of the molecule is c1ccc2c3c(ccc2c1)N(C1=Nc2c(oc4ccccc24)C(c2cccc4sc5ccccc5c24)=I1)c1cccc2cccc-3c12. The third-order valence-electron chi connectivity index (χ3n) is 9.52. The third-order valence-corrected chi connectivity index (χ3v) is 13.5. The summed E-state index contributed by atoms with van der Waals surface area (Å²) in [4.78, 5) is 8.05. The van der Waals surface area contributed by atoms with E-state index in [-0.39, 0.29) is 0 Å². The first kappa shape index (κ1) is 26.0. The molecule has 220 valence electrons. The molecule has 0 saturated heterocycles. The zero-order valence-electron chi connectivity index (χ0n) is 24.9. The molecule has 0 N–H and O–H groups in total. The van der Waals surface area contributed by atoms with Gasteiger partial charge in [-0.05, 0) is 78.9 Å². The third kappa shape index (κ3) is 3.61. The first-order valence-electron chi connectivity index (χ1n) is 15.7. The Labute approximate surface area is 283 Å². The van der Waals surface area contributed by atoms with Crippen molar-refractivity contribution in [2.24, 2.45) is 4.99 Å². The summed E-state index contributed by atoms with van der Waals surface area (Å²) in [6.45, 7) is 0. The molecule has 0 bridgehead atoms. The van der Waals surface area contributed by atoms with E-state index in [4.69, 9.17) is 9.41 Å². The van der Waals surface area contributed by atoms with Gasteiger partial charge >= 0.3 is 0 Å². The predicted molar refractivity (Wildman–Crippen MR) is 209 cm³/mol. The van der Waals surface area contributed by atoms with Crippen molar-refractivity contribution in [3.8, 4) is 11.1 Å². The molecule has 9 aromatic rings. The summed E-state index contributed by atoms with van der Waals surface area (Å²) in [6, 6.07) is 50.6. The van der Waals surface area contributed by atoms with E-state index in [0.717, 1.165) is 26.3 Å². The summed E-state index contributed by atoms with van der Waals surface area (Å²) in [5.74, 6) is 0.917. The first-order valence-corrected chi connectivity index (χ1v) is 18.7. The summed E-state index contributed by atoms with van der Waals surface area (Å²) in [5.41, 5.74) is 8.00. The molecule has 0 radical (unpaired) electrons. The van der Waals surface area contributed by atoms with Crippen LogP contribution in [0, 0.1) is 0 Å². The Morgan fingerprint density at radius 3 is 2.21 bits per heavy atom. The van der Waals surface area contributed by atoms with Gasteiger partial charge in [-0.1, -0.05) is 103 Å². The quantitative estimate of drug-likeness (QED) is 0.124. The van der Waals surface area contributed by atoms with Crippen molar-refractivity contribution in [3.05, 3.63) is 151 Å². The molecule has 5 heteroatoms. The minimum atomic E-state index is -0.801. The minimum absolute atomic E-state index is 0.801. The number of furan rings is 1. The van der Waals surface area contributed by atoms with Gasteiger partial charge in [-0.15, -0.1) is 11.3 Å². The molecular weight excluding hydrogens is 707 g/mol. The fourth-order valence-corrected chi connectivity index (χ4v) is 11.6. The van der Waals surface area contributed by atoms with Crippen LogP contribution in [0.1, 0.15) is 11.3 Å². The Morgan fingerprint density at radius 1 is 0.553 bits per heavy atom. The van der Waals surface area contributed by atoms with Crippen molar-refractivity contribution in [1.29, 1.82) is 0 Å². The van der Waals surface area contributed by atoms with Crippen molar-refractivity contribution in [2.45, 2.75) is 0 Å². The van der Waals surface area contributed by atoms with E-state index in [9.17, 15) is 0 Å². The van der Waals surface area contributed by atoms with Crippen LogP contribution in [-0.4, -0.2) is 7.35 Å². The predicted octanol–water partition coefficient (Wildman–Crippen LogP) is 12.5. The number of hydrogen-bond acceptors (Lipinski definition) is 4. The molecule has 7 aromatic carbocycles. The highest BCUT2D eigenvalue weighted by Crippen LogP contribution is 2.53. The van der Waals surface area contributed by atoms with Crippen molar-refractivity contribution in [3.63, 3.8) is 0 Å². The average Bonchev–Trinajstić information content (AvgIpc) is 3.70. The van der Waals surface area contributed by atoms with Crippen molar-refractivity contribution in [1.82, 2.24) is 0 Å². The number of para-hydroxylation sites is 1. The van der Waals surface area contributed by atoms with Crippen LogP contribution >= 0.6 is 32.1 Å². The fourth-order valence-electron chi connectivity index (χ4n) is 7.53. The summed E-state index contributed by atoms with van der Waals surface area (Å²) < 4.78 is 11.7. The maximum Gasteiger partial charge on any atom is 0.172 e. The number of thiophene rings is 1. The van der Waals surface area contributed by atoms with Gasteiger partial charge in [-0.2, -0.15) is 0 Å². The number of fused-ring (bicyclic) bond motifs is 10. The Balaban J connectivity index is 1.26. The molecule has 0 spiro atoms. The molecule has 4 heterocycles. The number of amidine groups is 1. The van der Waals surface area contributed by atoms with Gasteiger partial charge in [0.15, 0.2) is 9.60 Å². The van der Waals surface area contributed by atoms with Crippen LogP contribution in [0.2, 0.25) is 0 Å². The van der Waals surface area contributed by atoms with Gasteiger partial charge in [0, 0.05) is 42.1 Å². The molecule has 0 atom stereocenters. The molecule has 2 aliphatic rings. The first-order chi connectivity index (χ1) is 23.3. The van der Waals surface area contributed by atoms with Crippen LogP contribution < -0.4 is 4.90 Å². The molecule has 11 rings (SSSR count). The highest BCUT2D eigenvalue weighted by atomic mass is 127. The molecule has 0 aliphatic carbocycles. The van der Waals surface area contributed by atoms with E-state index in [2.05, 4.69) is 138 Å². The van der Waals surface area contributed by atoms with Crippen LogP contribution in [0.3, 0.4) is 0 Å². The lowest BCUT2D eigenvalue weighted by molar-refractivity contribution is 0.608. The zero-order chi connectivity index (χ0) is 30.6. The fraction of sp³-hybridized carbons (Fsp3) is 0. The Hall–Kier alpha value is -5.11. The Bertz CT molecular complexity index is 2870. The molecule has 47 heavy (non-hydrogen) atoms. The van der Waals surface area contributed by atoms with E-state index in [1.165, 1.54) is 73.3 Å². The smallest absolute Gasteiger partial charge is 0.172 e. The minimum Gasteiger partial charge on any atom is -0.453 e. The largest absolute Gasteiger partial charge is 0.453 e. The van der Waals surface area contributed by atoms with Crippen LogP contribution in [0.25, 0.3) is 63.8 Å². The monoisotopic (exact) mass is 730 g/mol. The Kier molecular flexibility index (Phi) is 5.37. The van der Waals surface area contributed by atoms with Crippen LogP contribution in [0.5, 0.6) is 0 Å². The lowest BCUT2D eigenvalue weighted by atomic mass is 9.88. The van der Waals surface area contributed by atoms with Gasteiger partial charge in [-0.25, -0.2) is 4.99 Å². The average molecular weight is 731 g/mol. The second-order valence-electron chi connectivity index (χ2n) is 12.0. The molecular formula is C42H23IN2OS. The number of anilines is 2. The standard InChI is InChI=1S/C42H23IN2OS/c1-2-13-26-24(10-1)22-23-32-37(26)29-16-7-11-25-12-8-18-31(36(25)29)45(32)42-43-39(41-40(44-42)27-14-3-5-19-33(27)46-41)30-17-9-21-35-38(30)28-15-4-6-20-34(28)47-35/h1-23H. The van der Waals surface area contributed by atoms with Crippen LogP contribution in [-0.2, 0) is 0 Å². The van der Waals surface area contributed by atoms with Crippen LogP contribution in [0.4, 0.5) is 17.1 Å². The highest BCUT2D eigenvalue weighted by molar-refractivity contribution is 14.2. The number of nitrogens with zero attached hydrogens (tertiary/aromatic N) is 2. The summed E-state index contributed by atoms with van der Waals surface area (Å²) >= 11 is 1.06. The second kappa shape index (κ2) is 9.70. The molecule has 3 nitrogen and oxygen atoms in total. The molecule has 2 aliphatic heterocycles. The van der Waals surface area contributed by atoms with Gasteiger partial charge in [-0.3, -0.25) is 4.90 Å². The zero-order valence-corrected chi connectivity index (χ0v) is 27.8. The summed E-state index contributed by atoms with van der Waals surface area (Å²) in [5, 5.41) is 8.70. The lowest BCUT2D eigenvalue weighted by Gasteiger charge is -2.34. The molecule has 0 fully saturated rings. The molecule has 2 aromatic heterocycles.